The lowest BCUT2D eigenvalue weighted by Gasteiger charge is -2.13. The normalized spacial score (nSPS) is 15.5. The van der Waals surface area contributed by atoms with E-state index in [9.17, 15) is 19.5 Å². The molecule has 1 aliphatic heterocycles. The predicted octanol–water partition coefficient (Wildman–Crippen LogP) is 2.04. The van der Waals surface area contributed by atoms with E-state index in [1.54, 1.807) is 36.5 Å². The lowest BCUT2D eigenvalue weighted by atomic mass is 10.2. The van der Waals surface area contributed by atoms with Crippen molar-refractivity contribution in [2.75, 3.05) is 24.1 Å². The number of benzene rings is 1. The molecule has 4 aromatic rings. The molecule has 0 saturated carbocycles. The quantitative estimate of drug-likeness (QED) is 0.405. The van der Waals surface area contributed by atoms with Gasteiger partial charge in [-0.05, 0) is 55.3 Å². The first-order chi connectivity index (χ1) is 16.8. The molecule has 12 nitrogen and oxygen atoms in total. The number of aryl methyl sites for hydroxylation is 1. The van der Waals surface area contributed by atoms with Gasteiger partial charge < -0.3 is 21.1 Å². The van der Waals surface area contributed by atoms with Gasteiger partial charge in [-0.15, -0.1) is 0 Å². The summed E-state index contributed by atoms with van der Waals surface area (Å²) < 4.78 is 2.86. The van der Waals surface area contributed by atoms with Gasteiger partial charge in [0.2, 0.25) is 0 Å². The molecule has 5 rings (SSSR count). The minimum absolute atomic E-state index is 0.117. The second kappa shape index (κ2) is 8.56. The molecule has 4 N–H and O–H groups in total. The number of nitrogen functional groups attached to an aromatic ring is 1. The number of carbonyl (C=O) groups excluding carboxylic acids is 1. The number of pyridine rings is 1. The maximum absolute atomic E-state index is 13.5. The summed E-state index contributed by atoms with van der Waals surface area (Å²) >= 11 is 0. The highest BCUT2D eigenvalue weighted by molar-refractivity contribution is 6.03. The van der Waals surface area contributed by atoms with E-state index in [0.29, 0.717) is 41.2 Å². The van der Waals surface area contributed by atoms with Gasteiger partial charge in [0.1, 0.15) is 17.7 Å². The van der Waals surface area contributed by atoms with E-state index in [0.717, 1.165) is 5.56 Å². The molecule has 1 saturated heterocycles. The van der Waals surface area contributed by atoms with Gasteiger partial charge in [-0.1, -0.05) is 0 Å². The third-order valence-corrected chi connectivity index (χ3v) is 6.02. The van der Waals surface area contributed by atoms with E-state index in [2.05, 4.69) is 20.3 Å². The number of aromatic nitrogens is 5. The molecule has 12 heteroatoms. The van der Waals surface area contributed by atoms with Gasteiger partial charge in [0.15, 0.2) is 11.5 Å². The highest BCUT2D eigenvalue weighted by atomic mass is 16.4. The van der Waals surface area contributed by atoms with Crippen LogP contribution in [0.2, 0.25) is 0 Å². The molecule has 4 heterocycles. The largest absolute Gasteiger partial charge is 0.465 e. The van der Waals surface area contributed by atoms with E-state index >= 15 is 0 Å². The third kappa shape index (κ3) is 3.94. The molecule has 1 fully saturated rings. The summed E-state index contributed by atoms with van der Waals surface area (Å²) in [7, 11) is 0. The first-order valence-electron chi connectivity index (χ1n) is 10.9. The molecule has 1 atom stereocenters. The van der Waals surface area contributed by atoms with E-state index in [4.69, 9.17) is 5.73 Å². The lowest BCUT2D eigenvalue weighted by molar-refractivity contribution is 0.102. The number of amides is 2. The Bertz CT molecular complexity index is 1510. The van der Waals surface area contributed by atoms with Crippen LogP contribution in [0.1, 0.15) is 28.4 Å². The van der Waals surface area contributed by atoms with Crippen LogP contribution in [0.4, 0.5) is 16.4 Å². The molecule has 0 radical (unpaired) electrons. The van der Waals surface area contributed by atoms with Crippen LogP contribution in [0.25, 0.3) is 16.9 Å². The predicted molar refractivity (Wildman–Crippen MR) is 128 cm³/mol. The van der Waals surface area contributed by atoms with Crippen molar-refractivity contribution >= 4 is 34.8 Å². The number of fused-ring (bicyclic) bond motifs is 1. The number of imidazole rings is 1. The van der Waals surface area contributed by atoms with Gasteiger partial charge in [0, 0.05) is 24.8 Å². The van der Waals surface area contributed by atoms with Crippen molar-refractivity contribution in [3.05, 3.63) is 70.5 Å². The zero-order valence-corrected chi connectivity index (χ0v) is 18.8. The van der Waals surface area contributed by atoms with Gasteiger partial charge in [-0.3, -0.25) is 13.9 Å². The van der Waals surface area contributed by atoms with Crippen molar-refractivity contribution in [1.82, 2.24) is 29.0 Å². The summed E-state index contributed by atoms with van der Waals surface area (Å²) in [6, 6.07) is 9.67. The number of hydrogen-bond acceptors (Lipinski definition) is 7. The number of rotatable bonds is 4. The third-order valence-electron chi connectivity index (χ3n) is 6.02. The van der Waals surface area contributed by atoms with Crippen molar-refractivity contribution in [3.8, 4) is 5.69 Å². The molecular weight excluding hydrogens is 452 g/mol. The van der Waals surface area contributed by atoms with Crippen LogP contribution >= 0.6 is 0 Å². The highest BCUT2D eigenvalue weighted by Crippen LogP contribution is 2.27. The van der Waals surface area contributed by atoms with Gasteiger partial charge >= 0.3 is 11.8 Å². The number of anilines is 2. The van der Waals surface area contributed by atoms with Crippen LogP contribution in [-0.2, 0) is 0 Å². The average molecular weight is 474 g/mol. The van der Waals surface area contributed by atoms with E-state index in [1.165, 1.54) is 20.4 Å². The first-order valence-corrected chi connectivity index (χ1v) is 10.9. The summed E-state index contributed by atoms with van der Waals surface area (Å²) in [6.45, 7) is 2.39. The second-order valence-electron chi connectivity index (χ2n) is 8.31. The van der Waals surface area contributed by atoms with Crippen LogP contribution in [0.5, 0.6) is 0 Å². The Balaban J connectivity index is 1.51. The average Bonchev–Trinajstić information content (AvgIpc) is 3.42. The second-order valence-corrected chi connectivity index (χ2v) is 8.31. The van der Waals surface area contributed by atoms with Gasteiger partial charge in [-0.2, -0.15) is 0 Å². The summed E-state index contributed by atoms with van der Waals surface area (Å²) in [5.74, 6) is 0.216. The number of nitrogens with zero attached hydrogens (tertiary/aromatic N) is 6. The Hall–Kier alpha value is -4.74. The van der Waals surface area contributed by atoms with Crippen molar-refractivity contribution in [1.29, 1.82) is 0 Å². The molecule has 178 valence electrons. The van der Waals surface area contributed by atoms with E-state index in [-0.39, 0.29) is 24.3 Å². The lowest BCUT2D eigenvalue weighted by Crippen LogP contribution is -2.31. The molecule has 3 aromatic heterocycles. The molecule has 0 bridgehead atoms. The van der Waals surface area contributed by atoms with Gasteiger partial charge in [-0.25, -0.2) is 24.5 Å². The Morgan fingerprint density at radius 3 is 2.60 bits per heavy atom. The molecule has 35 heavy (non-hydrogen) atoms. The number of carboxylic acid groups (broad SMARTS) is 1. The van der Waals surface area contributed by atoms with E-state index in [1.807, 2.05) is 13.0 Å². The number of hydrogen-bond donors (Lipinski definition) is 3. The monoisotopic (exact) mass is 474 g/mol. The van der Waals surface area contributed by atoms with Gasteiger partial charge in [0.25, 0.3) is 5.91 Å². The number of likely N-dealkylation sites (tertiary alicyclic amines) is 1. The van der Waals surface area contributed by atoms with Crippen LogP contribution in [-0.4, -0.2) is 59.2 Å². The minimum Gasteiger partial charge on any atom is -0.465 e. The van der Waals surface area contributed by atoms with Crippen LogP contribution in [0.3, 0.4) is 0 Å². The smallest absolute Gasteiger partial charge is 0.407 e. The Morgan fingerprint density at radius 1 is 1.14 bits per heavy atom. The fourth-order valence-electron chi connectivity index (χ4n) is 4.32. The van der Waals surface area contributed by atoms with Crippen LogP contribution < -0.4 is 16.7 Å². The summed E-state index contributed by atoms with van der Waals surface area (Å²) in [5.41, 5.74) is 8.19. The van der Waals surface area contributed by atoms with Crippen molar-refractivity contribution < 1.29 is 14.7 Å². The zero-order chi connectivity index (χ0) is 24.7. The van der Waals surface area contributed by atoms with Crippen LogP contribution in [0.15, 0.2) is 53.7 Å². The topological polar surface area (TPSA) is 161 Å². The van der Waals surface area contributed by atoms with E-state index < -0.39 is 11.8 Å². The number of nitrogens with one attached hydrogen (secondary N) is 1. The fourth-order valence-corrected chi connectivity index (χ4v) is 4.32. The Morgan fingerprint density at radius 2 is 1.91 bits per heavy atom. The fraction of sp³-hybridized carbons (Fsp3) is 0.217. The minimum atomic E-state index is -1.03. The van der Waals surface area contributed by atoms with Gasteiger partial charge in [0.05, 0.1) is 11.7 Å². The van der Waals surface area contributed by atoms with Crippen LogP contribution in [0, 0.1) is 6.92 Å². The standard InChI is InChI=1S/C23H22N8O4/c1-13-6-8-25-17(10-13)28-21(32)14-2-4-15(5-3-14)30-18-19(24)26-12-27-20(18)31(22(30)33)16-7-9-29(11-16)23(34)35/h2-6,8,10,12,16H,7,9,11H2,1H3,(H,34,35)(H2,24,26,27)(H,25,28,32). The molecule has 0 spiro atoms. The summed E-state index contributed by atoms with van der Waals surface area (Å²) in [6.07, 6.45) is 2.33. The SMILES string of the molecule is Cc1ccnc(NC(=O)c2ccc(-n3c(=O)n(C4CCN(C(=O)O)C4)c4ncnc(N)c43)cc2)c1. The Labute approximate surface area is 198 Å². The molecular formula is C23H22N8O4. The van der Waals surface area contributed by atoms with Crippen molar-refractivity contribution in [3.63, 3.8) is 0 Å². The number of carbonyl (C=O) groups is 2. The summed E-state index contributed by atoms with van der Waals surface area (Å²) in [5, 5.41) is 12.1. The maximum atomic E-state index is 13.5. The number of nitrogens with two attached hydrogens (primary N) is 1. The maximum Gasteiger partial charge on any atom is 0.407 e. The molecule has 1 aliphatic rings. The summed E-state index contributed by atoms with van der Waals surface area (Å²) in [4.78, 5) is 51.3. The van der Waals surface area contributed by atoms with Crippen molar-refractivity contribution in [2.24, 2.45) is 0 Å². The first kappa shape index (κ1) is 22.1. The molecule has 2 amide bonds. The Kier molecular flexibility index (Phi) is 5.40. The molecule has 1 aromatic carbocycles. The highest BCUT2D eigenvalue weighted by Gasteiger charge is 2.31. The molecule has 1 unspecified atom stereocenters. The van der Waals surface area contributed by atoms with Crippen molar-refractivity contribution in [2.45, 2.75) is 19.4 Å². The molecule has 0 aliphatic carbocycles. The zero-order valence-electron chi connectivity index (χ0n) is 18.8.